The summed E-state index contributed by atoms with van der Waals surface area (Å²) >= 11 is 12.7. The van der Waals surface area contributed by atoms with Gasteiger partial charge in [-0.1, -0.05) is 71.7 Å². The molecule has 1 heterocycles. The fourth-order valence-corrected chi connectivity index (χ4v) is 4.00. The maximum absolute atomic E-state index is 12.6. The second-order valence-corrected chi connectivity index (χ2v) is 7.51. The minimum Gasteiger partial charge on any atom is -0.436 e. The second-order valence-electron chi connectivity index (χ2n) is 6.70. The number of cyclic esters (lactones) is 1. The smallest absolute Gasteiger partial charge is 0.415 e. The maximum Gasteiger partial charge on any atom is 0.415 e. The summed E-state index contributed by atoms with van der Waals surface area (Å²) in [6.45, 7) is 2.35. The van der Waals surface area contributed by atoms with E-state index in [0.717, 1.165) is 22.4 Å². The van der Waals surface area contributed by atoms with Crippen molar-refractivity contribution in [3.8, 4) is 11.1 Å². The van der Waals surface area contributed by atoms with Crippen LogP contribution >= 0.6 is 23.2 Å². The van der Waals surface area contributed by atoms with E-state index in [1.54, 1.807) is 23.1 Å². The van der Waals surface area contributed by atoms with Crippen molar-refractivity contribution in [2.45, 2.75) is 12.5 Å². The molecule has 1 aliphatic rings. The van der Waals surface area contributed by atoms with Crippen LogP contribution in [0.15, 0.2) is 72.8 Å². The first kappa shape index (κ1) is 17.9. The standard InChI is InChI=1S/C22H17Cl2NO2/c1-22(16-8-3-2-4-9-16)14-25(21(26)27-22)17-10-5-7-15(13-17)20-18(23)11-6-12-19(20)24/h2-13H,14H2,1H3. The first-order valence-electron chi connectivity index (χ1n) is 8.58. The number of hydrogen-bond donors (Lipinski definition) is 0. The maximum atomic E-state index is 12.6. The van der Waals surface area contributed by atoms with E-state index in [1.807, 2.05) is 61.5 Å². The van der Waals surface area contributed by atoms with Crippen LogP contribution in [-0.2, 0) is 10.3 Å². The molecule has 0 aromatic heterocycles. The largest absolute Gasteiger partial charge is 0.436 e. The number of anilines is 1. The second kappa shape index (κ2) is 6.91. The van der Waals surface area contributed by atoms with Gasteiger partial charge in [-0.25, -0.2) is 4.79 Å². The van der Waals surface area contributed by atoms with E-state index in [1.165, 1.54) is 0 Å². The topological polar surface area (TPSA) is 29.5 Å². The molecule has 0 aliphatic carbocycles. The van der Waals surface area contributed by atoms with Gasteiger partial charge in [0.15, 0.2) is 5.60 Å². The zero-order chi connectivity index (χ0) is 19.0. The van der Waals surface area contributed by atoms with Gasteiger partial charge in [0.2, 0.25) is 0 Å². The lowest BCUT2D eigenvalue weighted by atomic mass is 9.96. The number of carbonyl (C=O) groups is 1. The Labute approximate surface area is 168 Å². The highest BCUT2D eigenvalue weighted by Crippen LogP contribution is 2.39. The van der Waals surface area contributed by atoms with E-state index < -0.39 is 5.60 Å². The van der Waals surface area contributed by atoms with Crippen LogP contribution in [0.4, 0.5) is 10.5 Å². The van der Waals surface area contributed by atoms with Crippen molar-refractivity contribution in [2.24, 2.45) is 0 Å². The zero-order valence-corrected chi connectivity index (χ0v) is 16.2. The van der Waals surface area contributed by atoms with Crippen molar-refractivity contribution in [1.29, 1.82) is 0 Å². The van der Waals surface area contributed by atoms with Crippen LogP contribution in [0.2, 0.25) is 10.0 Å². The number of rotatable bonds is 3. The molecule has 3 aromatic carbocycles. The highest BCUT2D eigenvalue weighted by molar-refractivity contribution is 6.39. The zero-order valence-electron chi connectivity index (χ0n) is 14.7. The van der Waals surface area contributed by atoms with Crippen molar-refractivity contribution in [1.82, 2.24) is 0 Å². The van der Waals surface area contributed by atoms with Crippen LogP contribution in [0.5, 0.6) is 0 Å². The van der Waals surface area contributed by atoms with E-state index in [-0.39, 0.29) is 6.09 Å². The van der Waals surface area contributed by atoms with Crippen LogP contribution in [0.1, 0.15) is 12.5 Å². The number of carbonyl (C=O) groups excluding carboxylic acids is 1. The fourth-order valence-electron chi connectivity index (χ4n) is 3.39. The van der Waals surface area contributed by atoms with Crippen LogP contribution < -0.4 is 4.90 Å². The van der Waals surface area contributed by atoms with Gasteiger partial charge in [-0.05, 0) is 42.3 Å². The quantitative estimate of drug-likeness (QED) is 0.502. The average molecular weight is 398 g/mol. The van der Waals surface area contributed by atoms with Gasteiger partial charge in [-0.3, -0.25) is 4.90 Å². The van der Waals surface area contributed by atoms with Crippen LogP contribution in [0, 0.1) is 0 Å². The van der Waals surface area contributed by atoms with Gasteiger partial charge in [-0.15, -0.1) is 0 Å². The van der Waals surface area contributed by atoms with Gasteiger partial charge >= 0.3 is 6.09 Å². The lowest BCUT2D eigenvalue weighted by Crippen LogP contribution is -2.29. The van der Waals surface area contributed by atoms with Crippen molar-refractivity contribution < 1.29 is 9.53 Å². The lowest BCUT2D eigenvalue weighted by molar-refractivity contribution is 0.0705. The van der Waals surface area contributed by atoms with E-state index in [0.29, 0.717) is 16.6 Å². The molecule has 136 valence electrons. The van der Waals surface area contributed by atoms with E-state index in [9.17, 15) is 4.79 Å². The van der Waals surface area contributed by atoms with Crippen molar-refractivity contribution >= 4 is 35.0 Å². The number of hydrogen-bond acceptors (Lipinski definition) is 2. The fraction of sp³-hybridized carbons (Fsp3) is 0.136. The van der Waals surface area contributed by atoms with Crippen LogP contribution in [0.25, 0.3) is 11.1 Å². The normalized spacial score (nSPS) is 19.2. The molecule has 1 amide bonds. The molecule has 0 saturated carbocycles. The number of benzene rings is 3. The van der Waals surface area contributed by atoms with Gasteiger partial charge < -0.3 is 4.74 Å². The third-order valence-corrected chi connectivity index (χ3v) is 5.42. The highest BCUT2D eigenvalue weighted by Gasteiger charge is 2.43. The Kier molecular flexibility index (Phi) is 4.58. The molecular weight excluding hydrogens is 381 g/mol. The predicted octanol–water partition coefficient (Wildman–Crippen LogP) is 6.53. The third-order valence-electron chi connectivity index (χ3n) is 4.79. The Hall–Kier alpha value is -2.49. The molecule has 1 atom stereocenters. The molecule has 0 bridgehead atoms. The monoisotopic (exact) mass is 397 g/mol. The molecule has 1 fully saturated rings. The van der Waals surface area contributed by atoms with Gasteiger partial charge in [-0.2, -0.15) is 0 Å². The number of halogens is 2. The predicted molar refractivity (Wildman–Crippen MR) is 110 cm³/mol. The van der Waals surface area contributed by atoms with E-state index >= 15 is 0 Å². The Morgan fingerprint density at radius 3 is 2.30 bits per heavy atom. The number of nitrogens with zero attached hydrogens (tertiary/aromatic N) is 1. The minimum absolute atomic E-state index is 0.372. The summed E-state index contributed by atoms with van der Waals surface area (Å²) in [5.74, 6) is 0. The average Bonchev–Trinajstić information content (AvgIpc) is 2.98. The number of amides is 1. The van der Waals surface area contributed by atoms with Crippen LogP contribution in [0.3, 0.4) is 0 Å². The summed E-state index contributed by atoms with van der Waals surface area (Å²) in [6.07, 6.45) is -0.372. The van der Waals surface area contributed by atoms with Crippen molar-refractivity contribution in [3.63, 3.8) is 0 Å². The summed E-state index contributed by atoms with van der Waals surface area (Å²) in [4.78, 5) is 14.2. The summed E-state index contributed by atoms with van der Waals surface area (Å²) in [7, 11) is 0. The Bertz CT molecular complexity index is 986. The van der Waals surface area contributed by atoms with E-state index in [2.05, 4.69) is 0 Å². The first-order valence-corrected chi connectivity index (χ1v) is 9.34. The highest BCUT2D eigenvalue weighted by atomic mass is 35.5. The molecule has 0 spiro atoms. The molecule has 1 saturated heterocycles. The Morgan fingerprint density at radius 1 is 0.926 bits per heavy atom. The van der Waals surface area contributed by atoms with Crippen molar-refractivity contribution in [2.75, 3.05) is 11.4 Å². The molecule has 27 heavy (non-hydrogen) atoms. The first-order chi connectivity index (χ1) is 13.0. The molecule has 1 aliphatic heterocycles. The van der Waals surface area contributed by atoms with Crippen LogP contribution in [-0.4, -0.2) is 12.6 Å². The molecule has 5 heteroatoms. The number of ether oxygens (including phenoxy) is 1. The summed E-state index contributed by atoms with van der Waals surface area (Å²) in [5, 5.41) is 1.13. The van der Waals surface area contributed by atoms with Gasteiger partial charge in [0.25, 0.3) is 0 Å². The molecular formula is C22H17Cl2NO2. The van der Waals surface area contributed by atoms with Gasteiger partial charge in [0, 0.05) is 21.3 Å². The SMILES string of the molecule is CC1(c2ccccc2)CN(c2cccc(-c3c(Cl)cccc3Cl)c2)C(=O)O1. The summed E-state index contributed by atoms with van der Waals surface area (Å²) in [5.41, 5.74) is 2.61. The summed E-state index contributed by atoms with van der Waals surface area (Å²) in [6, 6.07) is 22.8. The molecule has 1 unspecified atom stereocenters. The minimum atomic E-state index is -0.698. The Morgan fingerprint density at radius 2 is 1.59 bits per heavy atom. The molecule has 3 aromatic rings. The van der Waals surface area contributed by atoms with Crippen molar-refractivity contribution in [3.05, 3.63) is 88.4 Å². The third kappa shape index (κ3) is 3.29. The lowest BCUT2D eigenvalue weighted by Gasteiger charge is -2.22. The Balaban J connectivity index is 1.70. The van der Waals surface area contributed by atoms with Gasteiger partial charge in [0.1, 0.15) is 0 Å². The van der Waals surface area contributed by atoms with Gasteiger partial charge in [0.05, 0.1) is 6.54 Å². The molecule has 3 nitrogen and oxygen atoms in total. The molecule has 4 rings (SSSR count). The molecule has 0 N–H and O–H groups in total. The molecule has 0 radical (unpaired) electrons. The summed E-state index contributed by atoms with van der Waals surface area (Å²) < 4.78 is 5.73. The van der Waals surface area contributed by atoms with E-state index in [4.69, 9.17) is 27.9 Å².